The Bertz CT molecular complexity index is 1160. The Morgan fingerprint density at radius 2 is 1.68 bits per heavy atom. The lowest BCUT2D eigenvalue weighted by atomic mass is 9.98. The summed E-state index contributed by atoms with van der Waals surface area (Å²) < 4.78 is 0. The fraction of sp³-hybridized carbons (Fsp3) is 0.130. The number of carbonyl (C=O) groups excluding carboxylic acids is 2. The number of rotatable bonds is 7. The molecule has 0 saturated carbocycles. The average Bonchev–Trinajstić information content (AvgIpc) is 2.75. The Kier molecular flexibility index (Phi) is 6.67. The van der Waals surface area contributed by atoms with Gasteiger partial charge < -0.3 is 15.2 Å². The first-order valence-electron chi connectivity index (χ1n) is 9.39. The zero-order valence-corrected chi connectivity index (χ0v) is 17.3. The van der Waals surface area contributed by atoms with Gasteiger partial charge in [0.2, 0.25) is 6.04 Å². The summed E-state index contributed by atoms with van der Waals surface area (Å²) in [6, 6.07) is 16.7. The topological polar surface area (TPSA) is 112 Å². The van der Waals surface area contributed by atoms with E-state index in [0.717, 1.165) is 5.56 Å². The summed E-state index contributed by atoms with van der Waals surface area (Å²) in [5.74, 6) is -1.97. The molecule has 0 aliphatic rings. The minimum Gasteiger partial charge on any atom is -0.545 e. The maximum Gasteiger partial charge on any atom is 0.255 e. The van der Waals surface area contributed by atoms with Crippen LogP contribution in [-0.2, 0) is 6.42 Å². The molecule has 3 aromatic rings. The molecule has 1 unspecified atom stereocenters. The third kappa shape index (κ3) is 5.07. The molecule has 0 spiro atoms. The maximum absolute atomic E-state index is 13.1. The van der Waals surface area contributed by atoms with Crippen LogP contribution in [0.25, 0.3) is 0 Å². The van der Waals surface area contributed by atoms with Crippen LogP contribution in [0, 0.1) is 10.1 Å². The van der Waals surface area contributed by atoms with Crippen molar-refractivity contribution in [2.75, 3.05) is 5.32 Å². The number of carbonyl (C=O) groups is 2. The Morgan fingerprint density at radius 1 is 1.03 bits per heavy atom. The second-order valence-corrected chi connectivity index (χ2v) is 7.34. The molecule has 31 heavy (non-hydrogen) atoms. The van der Waals surface area contributed by atoms with Gasteiger partial charge in [0.15, 0.2) is 0 Å². The van der Waals surface area contributed by atoms with E-state index in [2.05, 4.69) is 5.32 Å². The van der Waals surface area contributed by atoms with Gasteiger partial charge >= 0.3 is 0 Å². The van der Waals surface area contributed by atoms with Gasteiger partial charge in [-0.3, -0.25) is 14.9 Å². The number of carboxylic acids is 1. The average molecular weight is 438 g/mol. The van der Waals surface area contributed by atoms with E-state index in [1.165, 1.54) is 25.1 Å². The largest absolute Gasteiger partial charge is 0.545 e. The highest BCUT2D eigenvalue weighted by Gasteiger charge is 2.22. The SMILES string of the molecule is CC(c1ccc(C(=O)[O-])cc1NC(=O)c1ccccc1Cc1ccccc1Cl)[N+](=O)[O-]. The van der Waals surface area contributed by atoms with Crippen molar-refractivity contribution in [3.63, 3.8) is 0 Å². The van der Waals surface area contributed by atoms with Crippen LogP contribution < -0.4 is 10.4 Å². The maximum atomic E-state index is 13.1. The number of nitrogens with zero attached hydrogens (tertiary/aromatic N) is 1. The number of anilines is 1. The van der Waals surface area contributed by atoms with E-state index in [-0.39, 0.29) is 16.8 Å². The van der Waals surface area contributed by atoms with Gasteiger partial charge in [0, 0.05) is 28.0 Å². The third-order valence-electron chi connectivity index (χ3n) is 4.90. The Hall–Kier alpha value is -3.71. The molecule has 0 aromatic heterocycles. The van der Waals surface area contributed by atoms with Crippen molar-refractivity contribution in [1.82, 2.24) is 0 Å². The summed E-state index contributed by atoms with van der Waals surface area (Å²) in [5, 5.41) is 25.7. The molecule has 3 aromatic carbocycles. The van der Waals surface area contributed by atoms with E-state index in [0.29, 0.717) is 22.6 Å². The van der Waals surface area contributed by atoms with Crippen LogP contribution in [-0.4, -0.2) is 16.8 Å². The minimum absolute atomic E-state index is 0.0449. The number of hydrogen-bond acceptors (Lipinski definition) is 5. The zero-order chi connectivity index (χ0) is 22.5. The lowest BCUT2D eigenvalue weighted by Gasteiger charge is -2.16. The molecule has 1 amide bonds. The van der Waals surface area contributed by atoms with Gasteiger partial charge in [0.05, 0.1) is 11.7 Å². The summed E-state index contributed by atoms with van der Waals surface area (Å²) in [6.45, 7) is 1.36. The van der Waals surface area contributed by atoms with Gasteiger partial charge in [-0.2, -0.15) is 0 Å². The van der Waals surface area contributed by atoms with Gasteiger partial charge in [-0.05, 0) is 47.4 Å². The molecule has 1 atom stereocenters. The third-order valence-corrected chi connectivity index (χ3v) is 5.27. The van der Waals surface area contributed by atoms with Crippen molar-refractivity contribution in [3.8, 4) is 0 Å². The predicted molar refractivity (Wildman–Crippen MR) is 115 cm³/mol. The second kappa shape index (κ2) is 9.40. The fourth-order valence-electron chi connectivity index (χ4n) is 3.20. The molecule has 0 radical (unpaired) electrons. The number of aromatic carboxylic acids is 1. The standard InChI is InChI=1S/C23H19ClN2O5/c1-14(26(30)31)18-11-10-17(23(28)29)13-21(18)25-22(27)19-8-4-2-6-15(19)12-16-7-3-5-9-20(16)24/h2-11,13-14H,12H2,1H3,(H,25,27)(H,28,29)/p-1. The van der Waals surface area contributed by atoms with Gasteiger partial charge in [-0.25, -0.2) is 0 Å². The second-order valence-electron chi connectivity index (χ2n) is 6.93. The molecule has 1 N–H and O–H groups in total. The van der Waals surface area contributed by atoms with Gasteiger partial charge in [0.1, 0.15) is 0 Å². The summed E-state index contributed by atoms with van der Waals surface area (Å²) in [5.41, 5.74) is 1.93. The molecule has 0 aliphatic heterocycles. The number of carboxylic acid groups (broad SMARTS) is 1. The van der Waals surface area contributed by atoms with E-state index in [9.17, 15) is 24.8 Å². The lowest BCUT2D eigenvalue weighted by molar-refractivity contribution is -0.524. The zero-order valence-electron chi connectivity index (χ0n) is 16.5. The first-order chi connectivity index (χ1) is 14.8. The van der Waals surface area contributed by atoms with Crippen molar-refractivity contribution in [2.24, 2.45) is 0 Å². The Balaban J connectivity index is 1.97. The molecule has 0 aliphatic carbocycles. The van der Waals surface area contributed by atoms with E-state index in [4.69, 9.17) is 11.6 Å². The number of benzene rings is 3. The molecule has 0 heterocycles. The molecular weight excluding hydrogens is 420 g/mol. The van der Waals surface area contributed by atoms with E-state index < -0.39 is 22.8 Å². The van der Waals surface area contributed by atoms with Crippen molar-refractivity contribution < 1.29 is 19.6 Å². The Morgan fingerprint density at radius 3 is 2.32 bits per heavy atom. The molecule has 0 saturated heterocycles. The van der Waals surface area contributed by atoms with E-state index >= 15 is 0 Å². The number of halogens is 1. The molecule has 8 heteroatoms. The minimum atomic E-state index is -1.45. The summed E-state index contributed by atoms with van der Waals surface area (Å²) in [7, 11) is 0. The van der Waals surface area contributed by atoms with Crippen molar-refractivity contribution in [3.05, 3.63) is 110 Å². The number of hydrogen-bond donors (Lipinski definition) is 1. The van der Waals surface area contributed by atoms with Crippen LogP contribution >= 0.6 is 11.6 Å². The van der Waals surface area contributed by atoms with Gasteiger partial charge in [-0.15, -0.1) is 0 Å². The smallest absolute Gasteiger partial charge is 0.255 e. The van der Waals surface area contributed by atoms with Crippen LogP contribution in [0.1, 0.15) is 50.4 Å². The summed E-state index contributed by atoms with van der Waals surface area (Å²) >= 11 is 6.24. The van der Waals surface area contributed by atoms with E-state index in [1.807, 2.05) is 18.2 Å². The van der Waals surface area contributed by atoms with Gasteiger partial charge in [0.25, 0.3) is 5.91 Å². The summed E-state index contributed by atoms with van der Waals surface area (Å²) in [4.78, 5) is 35.1. The molecule has 3 rings (SSSR count). The first-order valence-corrected chi connectivity index (χ1v) is 9.77. The highest BCUT2D eigenvalue weighted by Crippen LogP contribution is 2.28. The monoisotopic (exact) mass is 437 g/mol. The molecule has 0 fully saturated rings. The summed E-state index contributed by atoms with van der Waals surface area (Å²) in [6.07, 6.45) is 0.403. The highest BCUT2D eigenvalue weighted by atomic mass is 35.5. The van der Waals surface area contributed by atoms with E-state index in [1.54, 1.807) is 30.3 Å². The van der Waals surface area contributed by atoms with Crippen LogP contribution in [0.5, 0.6) is 0 Å². The van der Waals surface area contributed by atoms with Crippen molar-refractivity contribution in [1.29, 1.82) is 0 Å². The van der Waals surface area contributed by atoms with Crippen LogP contribution in [0.2, 0.25) is 5.02 Å². The Labute approximate surface area is 183 Å². The normalized spacial score (nSPS) is 11.5. The van der Waals surface area contributed by atoms with Crippen molar-refractivity contribution >= 4 is 29.2 Å². The van der Waals surface area contributed by atoms with Gasteiger partial charge in [-0.1, -0.05) is 54.1 Å². The van der Waals surface area contributed by atoms with Crippen molar-refractivity contribution in [2.45, 2.75) is 19.4 Å². The van der Waals surface area contributed by atoms with Crippen LogP contribution in [0.4, 0.5) is 5.69 Å². The quantitative estimate of drug-likeness (QED) is 0.445. The van der Waals surface area contributed by atoms with Crippen LogP contribution in [0.3, 0.4) is 0 Å². The highest BCUT2D eigenvalue weighted by molar-refractivity contribution is 6.31. The molecular formula is C23H18ClN2O5-. The number of nitrogens with one attached hydrogen (secondary N) is 1. The lowest BCUT2D eigenvalue weighted by Crippen LogP contribution is -2.23. The molecule has 158 valence electrons. The van der Waals surface area contributed by atoms with Crippen LogP contribution in [0.15, 0.2) is 66.7 Å². The molecule has 7 nitrogen and oxygen atoms in total. The predicted octanol–water partition coefficient (Wildman–Crippen LogP) is 3.88. The number of nitro groups is 1. The first kappa shape index (κ1) is 22.0. The number of amides is 1. The molecule has 0 bridgehead atoms. The fourth-order valence-corrected chi connectivity index (χ4v) is 3.40.